The summed E-state index contributed by atoms with van der Waals surface area (Å²) >= 11 is 6.09. The highest BCUT2D eigenvalue weighted by molar-refractivity contribution is 6.34. The Morgan fingerprint density at radius 3 is 2.53 bits per heavy atom. The molecule has 0 heterocycles. The smallest absolute Gasteiger partial charge is 0.124 e. The lowest BCUT2D eigenvalue weighted by atomic mass is 9.76. The Labute approximate surface area is 119 Å². The van der Waals surface area contributed by atoms with E-state index in [1.165, 1.54) is 12.8 Å². The molecule has 0 unspecified atom stereocenters. The first kappa shape index (κ1) is 14.2. The second kappa shape index (κ2) is 5.41. The van der Waals surface area contributed by atoms with Crippen LogP contribution in [0.15, 0.2) is 18.2 Å². The molecule has 0 aliphatic heterocycles. The molecule has 0 aromatic heterocycles. The van der Waals surface area contributed by atoms with Crippen molar-refractivity contribution in [1.29, 1.82) is 5.41 Å². The maximum absolute atomic E-state index is 7.40. The first-order valence-electron chi connectivity index (χ1n) is 6.68. The van der Waals surface area contributed by atoms with E-state index >= 15 is 0 Å². The van der Waals surface area contributed by atoms with Crippen molar-refractivity contribution in [3.63, 3.8) is 0 Å². The zero-order valence-corrected chi connectivity index (χ0v) is 12.3. The van der Waals surface area contributed by atoms with Gasteiger partial charge in [0.2, 0.25) is 0 Å². The molecule has 2 rings (SSSR count). The fraction of sp³-hybridized carbons (Fsp3) is 0.533. The van der Waals surface area contributed by atoms with Gasteiger partial charge in [-0.15, -0.1) is 0 Å². The van der Waals surface area contributed by atoms with Gasteiger partial charge in [-0.2, -0.15) is 0 Å². The molecule has 0 atom stereocenters. The highest BCUT2D eigenvalue weighted by Gasteiger charge is 2.27. The van der Waals surface area contributed by atoms with Crippen molar-refractivity contribution in [2.75, 3.05) is 0 Å². The maximum atomic E-state index is 7.40. The molecule has 19 heavy (non-hydrogen) atoms. The highest BCUT2D eigenvalue weighted by Crippen LogP contribution is 2.36. The third-order valence-electron chi connectivity index (χ3n) is 3.82. The number of amidine groups is 1. The third-order valence-corrected chi connectivity index (χ3v) is 4.13. The molecule has 4 heteroatoms. The number of ether oxygens (including phenoxy) is 1. The number of nitrogens with one attached hydrogen (secondary N) is 1. The van der Waals surface area contributed by atoms with Crippen LogP contribution < -0.4 is 10.5 Å². The molecule has 1 aliphatic carbocycles. The molecular weight excluding hydrogens is 260 g/mol. The van der Waals surface area contributed by atoms with E-state index in [9.17, 15) is 0 Å². The largest absolute Gasteiger partial charge is 0.490 e. The van der Waals surface area contributed by atoms with Gasteiger partial charge in [0.05, 0.1) is 11.1 Å². The molecule has 3 N–H and O–H groups in total. The average molecular weight is 281 g/mol. The van der Waals surface area contributed by atoms with E-state index in [1.807, 2.05) is 6.07 Å². The lowest BCUT2D eigenvalue weighted by Gasteiger charge is -2.34. The zero-order chi connectivity index (χ0) is 14.0. The number of nitrogen functional groups attached to an aromatic ring is 1. The SMILES string of the molecule is CC1(C)CCC(Oc2ccc(C(=N)N)c(Cl)c2)CC1. The van der Waals surface area contributed by atoms with Crippen molar-refractivity contribution >= 4 is 17.4 Å². The van der Waals surface area contributed by atoms with Crippen LogP contribution in [-0.4, -0.2) is 11.9 Å². The van der Waals surface area contributed by atoms with E-state index in [2.05, 4.69) is 13.8 Å². The van der Waals surface area contributed by atoms with Crippen LogP contribution in [0.4, 0.5) is 0 Å². The Kier molecular flexibility index (Phi) is 4.04. The number of rotatable bonds is 3. The first-order valence-corrected chi connectivity index (χ1v) is 7.06. The molecule has 0 spiro atoms. The van der Waals surface area contributed by atoms with E-state index in [0.29, 0.717) is 16.0 Å². The van der Waals surface area contributed by atoms with Crippen LogP contribution in [0.5, 0.6) is 5.75 Å². The number of hydrogen-bond acceptors (Lipinski definition) is 2. The van der Waals surface area contributed by atoms with Gasteiger partial charge in [-0.05, 0) is 49.3 Å². The minimum Gasteiger partial charge on any atom is -0.490 e. The van der Waals surface area contributed by atoms with E-state index in [1.54, 1.807) is 12.1 Å². The quantitative estimate of drug-likeness (QED) is 0.650. The summed E-state index contributed by atoms with van der Waals surface area (Å²) in [6, 6.07) is 5.33. The van der Waals surface area contributed by atoms with Crippen LogP contribution in [0.25, 0.3) is 0 Å². The molecule has 0 radical (unpaired) electrons. The first-order chi connectivity index (χ1) is 8.87. The number of benzene rings is 1. The molecule has 1 fully saturated rings. The van der Waals surface area contributed by atoms with Crippen molar-refractivity contribution in [3.8, 4) is 5.75 Å². The molecule has 1 aromatic carbocycles. The Morgan fingerprint density at radius 1 is 1.37 bits per heavy atom. The normalized spacial score (nSPS) is 19.1. The van der Waals surface area contributed by atoms with E-state index < -0.39 is 0 Å². The molecule has 0 bridgehead atoms. The topological polar surface area (TPSA) is 59.1 Å². The summed E-state index contributed by atoms with van der Waals surface area (Å²) in [5.74, 6) is 0.746. The van der Waals surface area contributed by atoms with E-state index in [-0.39, 0.29) is 11.9 Å². The van der Waals surface area contributed by atoms with Gasteiger partial charge in [-0.25, -0.2) is 0 Å². The van der Waals surface area contributed by atoms with Gasteiger partial charge in [0.25, 0.3) is 0 Å². The zero-order valence-electron chi connectivity index (χ0n) is 11.5. The van der Waals surface area contributed by atoms with Crippen molar-refractivity contribution in [2.45, 2.75) is 45.6 Å². The molecular formula is C15H21ClN2O. The van der Waals surface area contributed by atoms with Crippen molar-refractivity contribution in [1.82, 2.24) is 0 Å². The van der Waals surface area contributed by atoms with Crippen LogP contribution in [-0.2, 0) is 0 Å². The standard InChI is InChI=1S/C15H21ClN2O/c1-15(2)7-5-10(6-8-15)19-11-3-4-12(14(17)18)13(16)9-11/h3-4,9-10H,5-8H2,1-2H3,(H3,17,18). The fourth-order valence-corrected chi connectivity index (χ4v) is 2.74. The predicted octanol–water partition coefficient (Wildman–Crippen LogP) is 3.97. The summed E-state index contributed by atoms with van der Waals surface area (Å²) < 4.78 is 5.97. The lowest BCUT2D eigenvalue weighted by Crippen LogP contribution is -2.28. The highest BCUT2D eigenvalue weighted by atomic mass is 35.5. The van der Waals surface area contributed by atoms with Gasteiger partial charge in [0, 0.05) is 5.56 Å². The van der Waals surface area contributed by atoms with Gasteiger partial charge in [-0.1, -0.05) is 25.4 Å². The van der Waals surface area contributed by atoms with Gasteiger partial charge >= 0.3 is 0 Å². The minimum absolute atomic E-state index is 0.0176. The Bertz CT molecular complexity index is 475. The summed E-state index contributed by atoms with van der Waals surface area (Å²) in [7, 11) is 0. The van der Waals surface area contributed by atoms with Crippen molar-refractivity contribution < 1.29 is 4.74 Å². The van der Waals surface area contributed by atoms with Crippen molar-refractivity contribution in [2.24, 2.45) is 11.1 Å². The van der Waals surface area contributed by atoms with Crippen molar-refractivity contribution in [3.05, 3.63) is 28.8 Å². The Balaban J connectivity index is 2.01. The van der Waals surface area contributed by atoms with Gasteiger partial charge in [0.15, 0.2) is 0 Å². The van der Waals surface area contributed by atoms with Gasteiger partial charge < -0.3 is 10.5 Å². The summed E-state index contributed by atoms with van der Waals surface area (Å²) in [5, 5.41) is 7.87. The van der Waals surface area contributed by atoms with Gasteiger partial charge in [0.1, 0.15) is 11.6 Å². The fourth-order valence-electron chi connectivity index (χ4n) is 2.47. The second-order valence-electron chi connectivity index (χ2n) is 6.04. The third kappa shape index (κ3) is 3.63. The lowest BCUT2D eigenvalue weighted by molar-refractivity contribution is 0.0988. The molecule has 1 saturated carbocycles. The molecule has 1 aliphatic rings. The summed E-state index contributed by atoms with van der Waals surface area (Å²) in [5.41, 5.74) is 6.43. The molecule has 3 nitrogen and oxygen atoms in total. The summed E-state index contributed by atoms with van der Waals surface area (Å²) in [6.45, 7) is 4.61. The Hall–Kier alpha value is -1.22. The minimum atomic E-state index is -0.0176. The van der Waals surface area contributed by atoms with Crippen LogP contribution >= 0.6 is 11.6 Å². The van der Waals surface area contributed by atoms with E-state index in [0.717, 1.165) is 18.6 Å². The summed E-state index contributed by atoms with van der Waals surface area (Å²) in [6.07, 6.45) is 4.82. The summed E-state index contributed by atoms with van der Waals surface area (Å²) in [4.78, 5) is 0. The maximum Gasteiger partial charge on any atom is 0.124 e. The predicted molar refractivity (Wildman–Crippen MR) is 79.1 cm³/mol. The monoisotopic (exact) mass is 280 g/mol. The number of nitrogens with two attached hydrogens (primary N) is 1. The van der Waals surface area contributed by atoms with Crippen LogP contribution in [0.1, 0.15) is 45.1 Å². The molecule has 0 amide bonds. The second-order valence-corrected chi connectivity index (χ2v) is 6.44. The van der Waals surface area contributed by atoms with Crippen LogP contribution in [0.2, 0.25) is 5.02 Å². The Morgan fingerprint density at radius 2 is 2.00 bits per heavy atom. The number of hydrogen-bond donors (Lipinski definition) is 2. The van der Waals surface area contributed by atoms with Crippen LogP contribution in [0, 0.1) is 10.8 Å². The molecule has 104 valence electrons. The van der Waals surface area contributed by atoms with Crippen LogP contribution in [0.3, 0.4) is 0 Å². The van der Waals surface area contributed by atoms with Gasteiger partial charge in [-0.3, -0.25) is 5.41 Å². The van der Waals surface area contributed by atoms with E-state index in [4.69, 9.17) is 27.5 Å². The molecule has 0 saturated heterocycles. The molecule has 1 aromatic rings. The average Bonchev–Trinajstić information content (AvgIpc) is 2.31. The number of halogens is 1.